The third-order valence-corrected chi connectivity index (χ3v) is 3.07. The molecule has 0 aromatic rings. The summed E-state index contributed by atoms with van der Waals surface area (Å²) in [4.78, 5) is 6.87. The van der Waals surface area contributed by atoms with Crippen molar-refractivity contribution in [2.75, 3.05) is 13.1 Å². The minimum Gasteiger partial charge on any atom is -0.375 e. The van der Waals surface area contributed by atoms with Gasteiger partial charge >= 0.3 is 0 Å². The van der Waals surface area contributed by atoms with Crippen molar-refractivity contribution in [3.8, 4) is 0 Å². The Hall–Kier alpha value is -1.31. The predicted molar refractivity (Wildman–Crippen MR) is 92.2 cm³/mol. The van der Waals surface area contributed by atoms with E-state index in [9.17, 15) is 0 Å². The molecule has 114 valence electrons. The Bertz CT molecular complexity index is 362. The molecule has 0 unspecified atom stereocenters. The minimum atomic E-state index is 0.995. The first-order valence-electron chi connectivity index (χ1n) is 7.80. The minimum absolute atomic E-state index is 0.995. The Morgan fingerprint density at radius 1 is 1.05 bits per heavy atom. The van der Waals surface area contributed by atoms with Crippen LogP contribution in [-0.4, -0.2) is 24.2 Å². The normalized spacial score (nSPS) is 13.1. The van der Waals surface area contributed by atoms with E-state index in [1.54, 1.807) is 0 Å². The van der Waals surface area contributed by atoms with Crippen LogP contribution in [0.3, 0.4) is 0 Å². The monoisotopic (exact) mass is 276 g/mol. The highest BCUT2D eigenvalue weighted by Gasteiger charge is 2.02. The highest BCUT2D eigenvalue weighted by Crippen LogP contribution is 2.07. The van der Waals surface area contributed by atoms with E-state index in [2.05, 4.69) is 43.3 Å². The Balaban J connectivity index is 4.54. The molecule has 0 saturated heterocycles. The van der Waals surface area contributed by atoms with E-state index in [1.165, 1.54) is 31.4 Å². The van der Waals surface area contributed by atoms with Crippen LogP contribution < -0.4 is 0 Å². The van der Waals surface area contributed by atoms with Gasteiger partial charge in [0.1, 0.15) is 0 Å². The highest BCUT2D eigenvalue weighted by atomic mass is 15.1. The van der Waals surface area contributed by atoms with Gasteiger partial charge in [-0.25, -0.2) is 0 Å². The fraction of sp³-hybridized carbons (Fsp3) is 0.611. The first-order valence-corrected chi connectivity index (χ1v) is 7.80. The van der Waals surface area contributed by atoms with E-state index in [4.69, 9.17) is 0 Å². The molecule has 0 aliphatic rings. The summed E-state index contributed by atoms with van der Waals surface area (Å²) in [7, 11) is 0. The molecule has 0 atom stereocenters. The molecule has 20 heavy (non-hydrogen) atoms. The average molecular weight is 276 g/mol. The van der Waals surface area contributed by atoms with Crippen LogP contribution in [0.1, 0.15) is 60.3 Å². The predicted octanol–water partition coefficient (Wildman–Crippen LogP) is 5.34. The number of aliphatic imine (C=N–C) groups is 1. The molecule has 0 saturated carbocycles. The zero-order valence-electron chi connectivity index (χ0n) is 14.1. The van der Waals surface area contributed by atoms with Gasteiger partial charge in [0.25, 0.3) is 0 Å². The van der Waals surface area contributed by atoms with E-state index in [0.717, 1.165) is 24.4 Å². The molecule has 0 fully saturated rings. The van der Waals surface area contributed by atoms with Crippen LogP contribution in [0.4, 0.5) is 0 Å². The lowest BCUT2D eigenvalue weighted by atomic mass is 10.2. The summed E-state index contributed by atoms with van der Waals surface area (Å²) in [6.45, 7) is 16.8. The lowest BCUT2D eigenvalue weighted by Crippen LogP contribution is -2.24. The standard InChI is InChI=1S/C18H32N2/c1-7-9-10-14-20(13-8-2)18(6)11-12-19-17(5)15-16(3)4/h11-12,15H,3,7-10,13-14H2,1-2,4-6H3/b17-15+,18-11+,19-12-. The van der Waals surface area contributed by atoms with E-state index >= 15 is 0 Å². The SMILES string of the molecule is C=C(C)/C=C(C)/N=C\C=C(/C)N(CCC)CCCCC. The molecule has 0 radical (unpaired) electrons. The summed E-state index contributed by atoms with van der Waals surface area (Å²) in [6.07, 6.45) is 11.0. The Kier molecular flexibility index (Phi) is 10.8. The van der Waals surface area contributed by atoms with E-state index in [1.807, 2.05) is 26.1 Å². The average Bonchev–Trinajstić information content (AvgIpc) is 2.37. The molecule has 0 heterocycles. The fourth-order valence-corrected chi connectivity index (χ4v) is 2.05. The second-order valence-corrected chi connectivity index (χ2v) is 5.41. The maximum absolute atomic E-state index is 4.42. The Labute approximate surface area is 126 Å². The summed E-state index contributed by atoms with van der Waals surface area (Å²) in [6, 6.07) is 0. The largest absolute Gasteiger partial charge is 0.375 e. The maximum atomic E-state index is 4.42. The second-order valence-electron chi connectivity index (χ2n) is 5.41. The third-order valence-electron chi connectivity index (χ3n) is 3.07. The number of hydrogen-bond acceptors (Lipinski definition) is 2. The quantitative estimate of drug-likeness (QED) is 0.298. The summed E-state index contributed by atoms with van der Waals surface area (Å²) >= 11 is 0. The summed E-state index contributed by atoms with van der Waals surface area (Å²) < 4.78 is 0. The van der Waals surface area contributed by atoms with Crippen molar-refractivity contribution in [3.05, 3.63) is 35.7 Å². The molecule has 0 aromatic carbocycles. The highest BCUT2D eigenvalue weighted by molar-refractivity contribution is 5.73. The van der Waals surface area contributed by atoms with Crippen molar-refractivity contribution in [1.29, 1.82) is 0 Å². The molecule has 0 aromatic heterocycles. The van der Waals surface area contributed by atoms with Crippen molar-refractivity contribution in [2.24, 2.45) is 4.99 Å². The smallest absolute Gasteiger partial charge is 0.0375 e. The zero-order valence-corrected chi connectivity index (χ0v) is 14.1. The Morgan fingerprint density at radius 3 is 2.30 bits per heavy atom. The number of rotatable bonds is 10. The van der Waals surface area contributed by atoms with Gasteiger partial charge in [0.15, 0.2) is 0 Å². The van der Waals surface area contributed by atoms with E-state index in [0.29, 0.717) is 0 Å². The number of hydrogen-bond donors (Lipinski definition) is 0. The van der Waals surface area contributed by atoms with Gasteiger partial charge in [-0.05, 0) is 45.8 Å². The van der Waals surface area contributed by atoms with Gasteiger partial charge in [0, 0.05) is 30.7 Å². The van der Waals surface area contributed by atoms with Crippen LogP contribution in [0.15, 0.2) is 40.7 Å². The van der Waals surface area contributed by atoms with Crippen LogP contribution >= 0.6 is 0 Å². The number of allylic oxidation sites excluding steroid dienone is 5. The molecular formula is C18H32N2. The molecule has 2 nitrogen and oxygen atoms in total. The van der Waals surface area contributed by atoms with Crippen molar-refractivity contribution in [2.45, 2.75) is 60.3 Å². The van der Waals surface area contributed by atoms with Crippen LogP contribution in [0.25, 0.3) is 0 Å². The van der Waals surface area contributed by atoms with Crippen molar-refractivity contribution >= 4 is 6.21 Å². The molecular weight excluding hydrogens is 244 g/mol. The first kappa shape index (κ1) is 18.7. The van der Waals surface area contributed by atoms with E-state index < -0.39 is 0 Å². The van der Waals surface area contributed by atoms with Crippen LogP contribution in [0.5, 0.6) is 0 Å². The molecule has 0 N–H and O–H groups in total. The lowest BCUT2D eigenvalue weighted by molar-refractivity contribution is 0.336. The Morgan fingerprint density at radius 2 is 1.75 bits per heavy atom. The fourth-order valence-electron chi connectivity index (χ4n) is 2.05. The topological polar surface area (TPSA) is 15.6 Å². The van der Waals surface area contributed by atoms with Gasteiger partial charge in [-0.3, -0.25) is 4.99 Å². The second kappa shape index (κ2) is 11.5. The molecule has 0 bridgehead atoms. The van der Waals surface area contributed by atoms with Gasteiger partial charge in [-0.1, -0.05) is 38.8 Å². The van der Waals surface area contributed by atoms with Gasteiger partial charge in [-0.2, -0.15) is 0 Å². The van der Waals surface area contributed by atoms with Crippen molar-refractivity contribution in [3.63, 3.8) is 0 Å². The van der Waals surface area contributed by atoms with Crippen LogP contribution in [-0.2, 0) is 0 Å². The van der Waals surface area contributed by atoms with Gasteiger partial charge in [-0.15, -0.1) is 0 Å². The van der Waals surface area contributed by atoms with E-state index in [-0.39, 0.29) is 0 Å². The number of nitrogens with zero attached hydrogens (tertiary/aromatic N) is 2. The molecule has 0 amide bonds. The van der Waals surface area contributed by atoms with Crippen LogP contribution in [0, 0.1) is 0 Å². The molecule has 0 aliphatic carbocycles. The maximum Gasteiger partial charge on any atom is 0.0375 e. The van der Waals surface area contributed by atoms with Gasteiger partial charge < -0.3 is 4.90 Å². The summed E-state index contributed by atoms with van der Waals surface area (Å²) in [5.74, 6) is 0. The molecule has 0 spiro atoms. The van der Waals surface area contributed by atoms with Crippen LogP contribution in [0.2, 0.25) is 0 Å². The molecule has 2 heteroatoms. The van der Waals surface area contributed by atoms with Gasteiger partial charge in [0.2, 0.25) is 0 Å². The molecule has 0 aliphatic heterocycles. The number of unbranched alkanes of at least 4 members (excludes halogenated alkanes) is 2. The lowest BCUT2D eigenvalue weighted by Gasteiger charge is -2.24. The summed E-state index contributed by atoms with van der Waals surface area (Å²) in [5, 5.41) is 0. The first-order chi connectivity index (χ1) is 9.51. The van der Waals surface area contributed by atoms with Crippen molar-refractivity contribution < 1.29 is 0 Å². The van der Waals surface area contributed by atoms with Crippen molar-refractivity contribution in [1.82, 2.24) is 4.90 Å². The molecule has 0 rings (SSSR count). The summed E-state index contributed by atoms with van der Waals surface area (Å²) in [5.41, 5.74) is 3.33. The van der Waals surface area contributed by atoms with Gasteiger partial charge in [0.05, 0.1) is 0 Å². The third kappa shape index (κ3) is 9.60. The zero-order chi connectivity index (χ0) is 15.4.